The number of nitrogens with zero attached hydrogens (tertiary/aromatic N) is 1. The van der Waals surface area contributed by atoms with Crippen LogP contribution >= 0.6 is 0 Å². The molecule has 0 radical (unpaired) electrons. The Morgan fingerprint density at radius 2 is 2.00 bits per heavy atom. The van der Waals surface area contributed by atoms with Crippen molar-refractivity contribution in [2.75, 3.05) is 0 Å². The van der Waals surface area contributed by atoms with Crippen LogP contribution < -0.4 is 10.7 Å². The van der Waals surface area contributed by atoms with E-state index in [1.165, 1.54) is 6.07 Å². The van der Waals surface area contributed by atoms with Gasteiger partial charge in [-0.1, -0.05) is 25.0 Å². The molecule has 0 aliphatic heterocycles. The number of carboxylic acids is 1. The van der Waals surface area contributed by atoms with E-state index in [2.05, 4.69) is 5.32 Å². The van der Waals surface area contributed by atoms with E-state index in [0.29, 0.717) is 23.2 Å². The van der Waals surface area contributed by atoms with Crippen molar-refractivity contribution >= 4 is 22.8 Å². The van der Waals surface area contributed by atoms with Crippen LogP contribution in [0.3, 0.4) is 0 Å². The molecule has 6 heteroatoms. The molecule has 23 heavy (non-hydrogen) atoms. The Morgan fingerprint density at radius 3 is 2.70 bits per heavy atom. The summed E-state index contributed by atoms with van der Waals surface area (Å²) in [6, 6.07) is 7.60. The van der Waals surface area contributed by atoms with Crippen molar-refractivity contribution in [2.45, 2.75) is 31.8 Å². The summed E-state index contributed by atoms with van der Waals surface area (Å²) in [4.78, 5) is 35.2. The smallest absolute Gasteiger partial charge is 0.326 e. The fourth-order valence-electron chi connectivity index (χ4n) is 2.70. The average molecular weight is 314 g/mol. The van der Waals surface area contributed by atoms with Gasteiger partial charge in [0.2, 0.25) is 5.91 Å². The Kier molecular flexibility index (Phi) is 4.14. The minimum Gasteiger partial charge on any atom is -0.480 e. The first kappa shape index (κ1) is 15.3. The molecule has 1 heterocycles. The molecule has 0 bridgehead atoms. The number of nitrogens with one attached hydrogen (secondary N) is 1. The van der Waals surface area contributed by atoms with E-state index in [-0.39, 0.29) is 17.9 Å². The van der Waals surface area contributed by atoms with E-state index in [9.17, 15) is 19.5 Å². The number of amides is 1. The predicted molar refractivity (Wildman–Crippen MR) is 85.1 cm³/mol. The van der Waals surface area contributed by atoms with Gasteiger partial charge in [-0.25, -0.2) is 4.79 Å². The van der Waals surface area contributed by atoms with Crippen LogP contribution in [0.25, 0.3) is 10.9 Å². The number of hydrogen-bond acceptors (Lipinski definition) is 3. The van der Waals surface area contributed by atoms with Crippen molar-refractivity contribution in [3.63, 3.8) is 0 Å². The van der Waals surface area contributed by atoms with Crippen LogP contribution in [0.15, 0.2) is 41.3 Å². The van der Waals surface area contributed by atoms with Crippen LogP contribution in [0, 0.1) is 5.92 Å². The second-order valence-electron chi connectivity index (χ2n) is 5.96. The SMILES string of the molecule is O=C(Cn1ccc(=O)c2ccccc21)NC(CC1CC1)C(=O)O. The molecule has 1 saturated carbocycles. The van der Waals surface area contributed by atoms with Crippen LogP contribution in [-0.2, 0) is 16.1 Å². The quantitative estimate of drug-likeness (QED) is 0.843. The highest BCUT2D eigenvalue weighted by Gasteiger charge is 2.30. The number of fused-ring (bicyclic) bond motifs is 1. The fraction of sp³-hybridized carbons (Fsp3) is 0.353. The van der Waals surface area contributed by atoms with Gasteiger partial charge in [0, 0.05) is 17.6 Å². The van der Waals surface area contributed by atoms with Crippen molar-refractivity contribution in [1.82, 2.24) is 9.88 Å². The molecule has 2 N–H and O–H groups in total. The topological polar surface area (TPSA) is 88.4 Å². The molecule has 1 aliphatic carbocycles. The third kappa shape index (κ3) is 3.59. The molecule has 1 aromatic carbocycles. The van der Waals surface area contributed by atoms with Gasteiger partial charge in [0.25, 0.3) is 0 Å². The number of aromatic nitrogens is 1. The van der Waals surface area contributed by atoms with Gasteiger partial charge < -0.3 is 15.0 Å². The Balaban J connectivity index is 1.76. The minimum absolute atomic E-state index is 0.0186. The van der Waals surface area contributed by atoms with E-state index in [0.717, 1.165) is 12.8 Å². The summed E-state index contributed by atoms with van der Waals surface area (Å²) >= 11 is 0. The number of hydrogen-bond donors (Lipinski definition) is 2. The van der Waals surface area contributed by atoms with Gasteiger partial charge in [-0.3, -0.25) is 9.59 Å². The highest BCUT2D eigenvalue weighted by molar-refractivity contribution is 5.85. The molecule has 3 rings (SSSR count). The zero-order valence-corrected chi connectivity index (χ0v) is 12.6. The Hall–Kier alpha value is -2.63. The second kappa shape index (κ2) is 6.24. The first-order chi connectivity index (χ1) is 11.0. The summed E-state index contributed by atoms with van der Waals surface area (Å²) in [6.07, 6.45) is 4.10. The maximum Gasteiger partial charge on any atom is 0.326 e. The van der Waals surface area contributed by atoms with Gasteiger partial charge >= 0.3 is 5.97 Å². The number of aliphatic carboxylic acids is 1. The molecule has 2 aromatic rings. The molecular weight excluding hydrogens is 296 g/mol. The summed E-state index contributed by atoms with van der Waals surface area (Å²) in [5.41, 5.74) is 0.554. The highest BCUT2D eigenvalue weighted by Crippen LogP contribution is 2.33. The number of rotatable bonds is 6. The van der Waals surface area contributed by atoms with Gasteiger partial charge in [-0.2, -0.15) is 0 Å². The Bertz CT molecular complexity index is 808. The van der Waals surface area contributed by atoms with E-state index >= 15 is 0 Å². The molecule has 1 amide bonds. The van der Waals surface area contributed by atoms with Crippen molar-refractivity contribution < 1.29 is 14.7 Å². The Morgan fingerprint density at radius 1 is 1.26 bits per heavy atom. The van der Waals surface area contributed by atoms with Crippen molar-refractivity contribution in [3.8, 4) is 0 Å². The lowest BCUT2D eigenvalue weighted by atomic mass is 10.1. The van der Waals surface area contributed by atoms with Crippen LogP contribution in [-0.4, -0.2) is 27.6 Å². The van der Waals surface area contributed by atoms with Crippen molar-refractivity contribution in [1.29, 1.82) is 0 Å². The zero-order valence-electron chi connectivity index (χ0n) is 12.6. The van der Waals surface area contributed by atoms with Crippen LogP contribution in [0.5, 0.6) is 0 Å². The largest absolute Gasteiger partial charge is 0.480 e. The number of benzene rings is 1. The molecule has 120 valence electrons. The van der Waals surface area contributed by atoms with Gasteiger partial charge in [0.1, 0.15) is 12.6 Å². The number of carbonyl (C=O) groups is 2. The summed E-state index contributed by atoms with van der Waals surface area (Å²) in [7, 11) is 0. The molecule has 0 saturated heterocycles. The molecule has 1 atom stereocenters. The number of carboxylic acid groups (broad SMARTS) is 1. The lowest BCUT2D eigenvalue weighted by Crippen LogP contribution is -2.42. The summed E-state index contributed by atoms with van der Waals surface area (Å²) < 4.78 is 1.65. The van der Waals surface area contributed by atoms with Crippen LogP contribution in [0.1, 0.15) is 19.3 Å². The molecule has 1 aliphatic rings. The van der Waals surface area contributed by atoms with Gasteiger partial charge in [-0.05, 0) is 24.5 Å². The average Bonchev–Trinajstić information content (AvgIpc) is 3.34. The first-order valence-electron chi connectivity index (χ1n) is 7.65. The van der Waals surface area contributed by atoms with Crippen LogP contribution in [0.4, 0.5) is 0 Å². The highest BCUT2D eigenvalue weighted by atomic mass is 16.4. The maximum atomic E-state index is 12.2. The summed E-state index contributed by atoms with van der Waals surface area (Å²) in [5.74, 6) is -0.966. The van der Waals surface area contributed by atoms with E-state index in [4.69, 9.17) is 0 Å². The monoisotopic (exact) mass is 314 g/mol. The fourth-order valence-corrected chi connectivity index (χ4v) is 2.70. The lowest BCUT2D eigenvalue weighted by Gasteiger charge is -2.16. The van der Waals surface area contributed by atoms with E-state index in [1.54, 1.807) is 35.0 Å². The van der Waals surface area contributed by atoms with Gasteiger partial charge in [0.15, 0.2) is 5.43 Å². The molecule has 1 unspecified atom stereocenters. The second-order valence-corrected chi connectivity index (χ2v) is 5.96. The zero-order chi connectivity index (χ0) is 16.4. The maximum absolute atomic E-state index is 12.2. The predicted octanol–water partition coefficient (Wildman–Crippen LogP) is 1.37. The number of para-hydroxylation sites is 1. The number of pyridine rings is 1. The minimum atomic E-state index is -1.00. The number of carbonyl (C=O) groups excluding carboxylic acids is 1. The first-order valence-corrected chi connectivity index (χ1v) is 7.65. The molecule has 1 aromatic heterocycles. The van der Waals surface area contributed by atoms with Gasteiger partial charge in [0.05, 0.1) is 5.52 Å². The third-order valence-electron chi connectivity index (χ3n) is 4.10. The molecule has 1 fully saturated rings. The molecule has 6 nitrogen and oxygen atoms in total. The normalized spacial score (nSPS) is 15.3. The van der Waals surface area contributed by atoms with E-state index < -0.39 is 12.0 Å². The van der Waals surface area contributed by atoms with Crippen molar-refractivity contribution in [2.24, 2.45) is 5.92 Å². The van der Waals surface area contributed by atoms with Gasteiger partial charge in [-0.15, -0.1) is 0 Å². The van der Waals surface area contributed by atoms with Crippen LogP contribution in [0.2, 0.25) is 0 Å². The Labute approximate surface area is 132 Å². The van der Waals surface area contributed by atoms with Crippen molar-refractivity contribution in [3.05, 3.63) is 46.8 Å². The summed E-state index contributed by atoms with van der Waals surface area (Å²) in [6.45, 7) is -0.0186. The van der Waals surface area contributed by atoms with E-state index in [1.807, 2.05) is 0 Å². The molecule has 0 spiro atoms. The third-order valence-corrected chi connectivity index (χ3v) is 4.10. The lowest BCUT2D eigenvalue weighted by molar-refractivity contribution is -0.142. The summed E-state index contributed by atoms with van der Waals surface area (Å²) in [5, 5.41) is 12.3. The molecular formula is C17H18N2O4. The standard InChI is InChI=1S/C17H18N2O4/c20-15-7-8-19(14-4-2-1-3-12(14)15)10-16(21)18-13(17(22)23)9-11-5-6-11/h1-4,7-8,11,13H,5-6,9-10H2,(H,18,21)(H,22,23).